The minimum Gasteiger partial charge on any atom is -0.386 e. The van der Waals surface area contributed by atoms with Crippen LogP contribution in [-0.2, 0) is 4.74 Å². The van der Waals surface area contributed by atoms with Crippen molar-refractivity contribution in [3.8, 4) is 0 Å². The van der Waals surface area contributed by atoms with E-state index >= 15 is 0 Å². The maximum atomic E-state index is 12.8. The predicted molar refractivity (Wildman–Crippen MR) is 64.1 cm³/mol. The number of hydrogen-bond acceptors (Lipinski definition) is 2. The fourth-order valence-electron chi connectivity index (χ4n) is 2.13. The second-order valence-corrected chi connectivity index (χ2v) is 4.62. The maximum absolute atomic E-state index is 12.8. The Morgan fingerprint density at radius 2 is 1.94 bits per heavy atom. The van der Waals surface area contributed by atoms with Crippen molar-refractivity contribution >= 4 is 0 Å². The topological polar surface area (TPSA) is 29.5 Å². The summed E-state index contributed by atoms with van der Waals surface area (Å²) in [5.74, 6) is -0.243. The highest BCUT2D eigenvalue weighted by Gasteiger charge is 2.26. The predicted octanol–water partition coefficient (Wildman–Crippen LogP) is 2.98. The summed E-state index contributed by atoms with van der Waals surface area (Å²) in [5.41, 5.74) is 3.12. The molecule has 1 N–H and O–H groups in total. The Morgan fingerprint density at radius 3 is 2.53 bits per heavy atom. The Labute approximate surface area is 101 Å². The van der Waals surface area contributed by atoms with Crippen LogP contribution in [-0.4, -0.2) is 17.8 Å². The largest absolute Gasteiger partial charge is 0.386 e. The first-order chi connectivity index (χ1) is 8.08. The Balaban J connectivity index is 2.19. The van der Waals surface area contributed by atoms with Gasteiger partial charge in [0, 0.05) is 6.42 Å². The van der Waals surface area contributed by atoms with E-state index < -0.39 is 6.10 Å². The fourth-order valence-corrected chi connectivity index (χ4v) is 2.13. The molecule has 1 fully saturated rings. The Hall–Kier alpha value is -1.19. The zero-order valence-corrected chi connectivity index (χ0v) is 10.1. The van der Waals surface area contributed by atoms with Crippen molar-refractivity contribution in [1.29, 1.82) is 0 Å². The van der Waals surface area contributed by atoms with Crippen LogP contribution in [0.25, 0.3) is 0 Å². The monoisotopic (exact) mass is 236 g/mol. The Bertz CT molecular complexity index is 418. The molecule has 0 aliphatic carbocycles. The van der Waals surface area contributed by atoms with Crippen molar-refractivity contribution < 1.29 is 14.2 Å². The molecule has 2 atom stereocenters. The van der Waals surface area contributed by atoms with Gasteiger partial charge in [0.2, 0.25) is 0 Å². The standard InChI is InChI=1S/C14H17FO2/c1-9(2)12-7-14(17-8-13(12)16)10-3-5-11(15)6-4-10/h3-6,13-14,16H,7-8H2,1-2H3/t13-,14-/m1/s1. The molecule has 0 bridgehead atoms. The number of ether oxygens (including phenoxy) is 1. The van der Waals surface area contributed by atoms with Gasteiger partial charge in [0.1, 0.15) is 5.82 Å². The van der Waals surface area contributed by atoms with E-state index in [0.29, 0.717) is 13.0 Å². The molecule has 0 aromatic heterocycles. The molecule has 0 spiro atoms. The van der Waals surface area contributed by atoms with Gasteiger partial charge in [-0.05, 0) is 37.1 Å². The van der Waals surface area contributed by atoms with Gasteiger partial charge in [-0.25, -0.2) is 4.39 Å². The molecule has 92 valence electrons. The average molecular weight is 236 g/mol. The van der Waals surface area contributed by atoms with E-state index in [4.69, 9.17) is 4.74 Å². The van der Waals surface area contributed by atoms with Crippen molar-refractivity contribution in [3.05, 3.63) is 46.8 Å². The van der Waals surface area contributed by atoms with Crippen LogP contribution in [0, 0.1) is 5.82 Å². The highest BCUT2D eigenvalue weighted by atomic mass is 19.1. The second kappa shape index (κ2) is 4.98. The van der Waals surface area contributed by atoms with Gasteiger partial charge < -0.3 is 9.84 Å². The first kappa shape index (κ1) is 12.3. The molecule has 17 heavy (non-hydrogen) atoms. The van der Waals surface area contributed by atoms with Gasteiger partial charge in [-0.3, -0.25) is 0 Å². The molecule has 1 aromatic carbocycles. The molecule has 1 aromatic rings. The summed E-state index contributed by atoms with van der Waals surface area (Å²) in [5, 5.41) is 9.81. The number of aliphatic hydroxyl groups excluding tert-OH is 1. The van der Waals surface area contributed by atoms with Gasteiger partial charge in [0.05, 0.1) is 18.8 Å². The molecule has 1 aliphatic rings. The van der Waals surface area contributed by atoms with Gasteiger partial charge in [0.15, 0.2) is 0 Å². The van der Waals surface area contributed by atoms with E-state index in [1.165, 1.54) is 12.1 Å². The van der Waals surface area contributed by atoms with Crippen molar-refractivity contribution in [1.82, 2.24) is 0 Å². The van der Waals surface area contributed by atoms with Crippen molar-refractivity contribution in [2.24, 2.45) is 0 Å². The average Bonchev–Trinajstić information content (AvgIpc) is 2.30. The van der Waals surface area contributed by atoms with Crippen LogP contribution >= 0.6 is 0 Å². The van der Waals surface area contributed by atoms with Crippen molar-refractivity contribution in [2.75, 3.05) is 6.61 Å². The minimum atomic E-state index is -0.503. The molecule has 2 rings (SSSR count). The number of rotatable bonds is 1. The zero-order valence-electron chi connectivity index (χ0n) is 10.1. The molecule has 1 saturated heterocycles. The molecule has 0 unspecified atom stereocenters. The lowest BCUT2D eigenvalue weighted by Crippen LogP contribution is -2.28. The van der Waals surface area contributed by atoms with Crippen LogP contribution in [0.15, 0.2) is 35.4 Å². The van der Waals surface area contributed by atoms with E-state index in [1.807, 2.05) is 13.8 Å². The molecule has 3 heteroatoms. The summed E-state index contributed by atoms with van der Waals surface area (Å²) in [4.78, 5) is 0. The molecule has 0 amide bonds. The molecule has 0 saturated carbocycles. The first-order valence-electron chi connectivity index (χ1n) is 5.79. The molecular formula is C14H17FO2. The van der Waals surface area contributed by atoms with Crippen LogP contribution in [0.4, 0.5) is 4.39 Å². The van der Waals surface area contributed by atoms with Gasteiger partial charge in [0.25, 0.3) is 0 Å². The zero-order chi connectivity index (χ0) is 12.4. The summed E-state index contributed by atoms with van der Waals surface area (Å²) in [6.45, 7) is 4.29. The van der Waals surface area contributed by atoms with Crippen molar-refractivity contribution in [2.45, 2.75) is 32.5 Å². The van der Waals surface area contributed by atoms with E-state index in [9.17, 15) is 9.50 Å². The highest BCUT2D eigenvalue weighted by Crippen LogP contribution is 2.32. The summed E-state index contributed by atoms with van der Waals surface area (Å²) in [6.07, 6.45) is 0.0929. The molecular weight excluding hydrogens is 219 g/mol. The second-order valence-electron chi connectivity index (χ2n) is 4.62. The number of aliphatic hydroxyl groups is 1. The lowest BCUT2D eigenvalue weighted by atomic mass is 9.92. The third-order valence-corrected chi connectivity index (χ3v) is 3.15. The van der Waals surface area contributed by atoms with Crippen LogP contribution in [0.1, 0.15) is 31.9 Å². The third-order valence-electron chi connectivity index (χ3n) is 3.15. The lowest BCUT2D eigenvalue weighted by Gasteiger charge is -2.30. The van der Waals surface area contributed by atoms with Gasteiger partial charge in [-0.1, -0.05) is 17.7 Å². The van der Waals surface area contributed by atoms with E-state index in [2.05, 4.69) is 0 Å². The Morgan fingerprint density at radius 1 is 1.29 bits per heavy atom. The van der Waals surface area contributed by atoms with Crippen LogP contribution in [0.5, 0.6) is 0 Å². The highest BCUT2D eigenvalue weighted by molar-refractivity contribution is 5.25. The summed E-state index contributed by atoms with van der Waals surface area (Å²) >= 11 is 0. The number of allylic oxidation sites excluding steroid dienone is 1. The number of hydrogen-bond donors (Lipinski definition) is 1. The van der Waals surface area contributed by atoms with Crippen LogP contribution in [0.3, 0.4) is 0 Å². The first-order valence-corrected chi connectivity index (χ1v) is 5.79. The van der Waals surface area contributed by atoms with Crippen molar-refractivity contribution in [3.63, 3.8) is 0 Å². The van der Waals surface area contributed by atoms with Crippen LogP contribution in [0.2, 0.25) is 0 Å². The van der Waals surface area contributed by atoms with Gasteiger partial charge >= 0.3 is 0 Å². The summed E-state index contributed by atoms with van der Waals surface area (Å²) in [6, 6.07) is 6.35. The summed E-state index contributed by atoms with van der Waals surface area (Å²) < 4.78 is 18.4. The number of halogens is 1. The summed E-state index contributed by atoms with van der Waals surface area (Å²) in [7, 11) is 0. The smallest absolute Gasteiger partial charge is 0.123 e. The van der Waals surface area contributed by atoms with Gasteiger partial charge in [-0.2, -0.15) is 0 Å². The van der Waals surface area contributed by atoms with E-state index in [-0.39, 0.29) is 11.9 Å². The van der Waals surface area contributed by atoms with E-state index in [1.54, 1.807) is 12.1 Å². The molecule has 1 heterocycles. The normalized spacial score (nSPS) is 24.8. The third kappa shape index (κ3) is 2.73. The number of benzene rings is 1. The Kier molecular flexibility index (Phi) is 3.60. The van der Waals surface area contributed by atoms with Crippen LogP contribution < -0.4 is 0 Å². The maximum Gasteiger partial charge on any atom is 0.123 e. The van der Waals surface area contributed by atoms with Gasteiger partial charge in [-0.15, -0.1) is 0 Å². The molecule has 1 aliphatic heterocycles. The minimum absolute atomic E-state index is 0.0797. The molecule has 2 nitrogen and oxygen atoms in total. The SMILES string of the molecule is CC(C)=C1C[C@H](c2ccc(F)cc2)OC[C@H]1O. The fraction of sp³-hybridized carbons (Fsp3) is 0.429. The van der Waals surface area contributed by atoms with E-state index in [0.717, 1.165) is 16.7 Å². The lowest BCUT2D eigenvalue weighted by molar-refractivity contribution is -0.0281. The quantitative estimate of drug-likeness (QED) is 0.759. The molecule has 0 radical (unpaired) electrons.